The Bertz CT molecular complexity index is 458. The third kappa shape index (κ3) is 2.82. The van der Waals surface area contributed by atoms with Gasteiger partial charge in [0.1, 0.15) is 0 Å². The number of nitrogens with zero attached hydrogens (tertiary/aromatic N) is 1. The lowest BCUT2D eigenvalue weighted by Crippen LogP contribution is -2.47. The van der Waals surface area contributed by atoms with Gasteiger partial charge in [-0.3, -0.25) is 0 Å². The van der Waals surface area contributed by atoms with Crippen LogP contribution in [0.15, 0.2) is 18.2 Å². The Balaban J connectivity index is 1.90. The van der Waals surface area contributed by atoms with Crippen LogP contribution in [0, 0.1) is 5.92 Å². The third-order valence-electron chi connectivity index (χ3n) is 5.01. The zero-order valence-electron chi connectivity index (χ0n) is 12.2. The van der Waals surface area contributed by atoms with Crippen LogP contribution in [0.4, 0.5) is 5.69 Å². The molecule has 1 aliphatic heterocycles. The molecule has 2 aliphatic rings. The minimum Gasteiger partial charge on any atom is -0.368 e. The van der Waals surface area contributed by atoms with Crippen molar-refractivity contribution in [3.05, 3.63) is 28.8 Å². The molecule has 2 nitrogen and oxygen atoms in total. The van der Waals surface area contributed by atoms with Crippen molar-refractivity contribution in [2.45, 2.75) is 51.0 Å². The first-order valence-electron chi connectivity index (χ1n) is 8.04. The molecule has 2 N–H and O–H groups in total. The number of anilines is 1. The summed E-state index contributed by atoms with van der Waals surface area (Å²) in [6.07, 6.45) is 9.25. The molecule has 110 valence electrons. The van der Waals surface area contributed by atoms with Gasteiger partial charge in [0.25, 0.3) is 0 Å². The third-order valence-corrected chi connectivity index (χ3v) is 5.24. The number of hydrogen-bond donors (Lipinski definition) is 1. The molecule has 3 heteroatoms. The van der Waals surface area contributed by atoms with Crippen LogP contribution in [0.3, 0.4) is 0 Å². The largest absolute Gasteiger partial charge is 0.368 e. The summed E-state index contributed by atoms with van der Waals surface area (Å²) < 4.78 is 0. The Morgan fingerprint density at radius 3 is 2.80 bits per heavy atom. The summed E-state index contributed by atoms with van der Waals surface area (Å²) in [6, 6.07) is 7.10. The van der Waals surface area contributed by atoms with Gasteiger partial charge >= 0.3 is 0 Å². The van der Waals surface area contributed by atoms with Gasteiger partial charge in [-0.2, -0.15) is 0 Å². The van der Waals surface area contributed by atoms with E-state index in [4.69, 9.17) is 17.3 Å². The van der Waals surface area contributed by atoms with Crippen LogP contribution in [0.2, 0.25) is 5.02 Å². The maximum atomic E-state index is 6.17. The number of benzene rings is 1. The van der Waals surface area contributed by atoms with E-state index in [0.717, 1.165) is 23.4 Å². The van der Waals surface area contributed by atoms with Crippen LogP contribution < -0.4 is 10.6 Å². The predicted octanol–water partition coefficient (Wildman–Crippen LogP) is 4.00. The van der Waals surface area contributed by atoms with E-state index in [0.29, 0.717) is 6.54 Å². The molecule has 1 aliphatic carbocycles. The summed E-state index contributed by atoms with van der Waals surface area (Å²) in [5.41, 5.74) is 8.49. The maximum Gasteiger partial charge on any atom is 0.0410 e. The Kier molecular flexibility index (Phi) is 4.52. The molecule has 1 saturated carbocycles. The van der Waals surface area contributed by atoms with Crippen LogP contribution in [0.1, 0.15) is 44.1 Å². The fraction of sp³-hybridized carbons (Fsp3) is 0.647. The van der Waals surface area contributed by atoms with E-state index in [1.807, 2.05) is 6.07 Å². The summed E-state index contributed by atoms with van der Waals surface area (Å²) >= 11 is 6.17. The monoisotopic (exact) mass is 292 g/mol. The highest BCUT2D eigenvalue weighted by Gasteiger charge is 2.33. The summed E-state index contributed by atoms with van der Waals surface area (Å²) in [6.45, 7) is 1.88. The van der Waals surface area contributed by atoms with Crippen molar-refractivity contribution >= 4 is 17.3 Å². The molecule has 20 heavy (non-hydrogen) atoms. The van der Waals surface area contributed by atoms with Crippen LogP contribution in [-0.4, -0.2) is 19.1 Å². The molecular weight excluding hydrogens is 268 g/mol. The van der Waals surface area contributed by atoms with E-state index >= 15 is 0 Å². The van der Waals surface area contributed by atoms with Crippen molar-refractivity contribution in [2.24, 2.45) is 11.7 Å². The van der Waals surface area contributed by atoms with Gasteiger partial charge in [0.2, 0.25) is 0 Å². The molecular formula is C17H25ClN2. The van der Waals surface area contributed by atoms with Gasteiger partial charge in [0.15, 0.2) is 0 Å². The average molecular weight is 293 g/mol. The number of fused-ring (bicyclic) bond motifs is 1. The molecule has 0 amide bonds. The van der Waals surface area contributed by atoms with E-state index in [-0.39, 0.29) is 0 Å². The average Bonchev–Trinajstić information content (AvgIpc) is 2.47. The second kappa shape index (κ2) is 6.36. The Hall–Kier alpha value is -0.730. The van der Waals surface area contributed by atoms with E-state index in [1.54, 1.807) is 0 Å². The number of hydrogen-bond acceptors (Lipinski definition) is 2. The Morgan fingerprint density at radius 1 is 1.15 bits per heavy atom. The van der Waals surface area contributed by atoms with Gasteiger partial charge < -0.3 is 10.6 Å². The second-order valence-corrected chi connectivity index (χ2v) is 6.70. The number of halogens is 1. The smallest absolute Gasteiger partial charge is 0.0410 e. The standard InChI is InChI=1S/C17H25ClN2/c18-15-7-8-17(14(12-15)9-10-19)20-11-3-5-13-4-1-2-6-16(13)20/h7-8,12-13,16H,1-6,9-11,19H2/t13-,16-/m1/s1. The second-order valence-electron chi connectivity index (χ2n) is 6.26. The van der Waals surface area contributed by atoms with Crippen LogP contribution in [0.25, 0.3) is 0 Å². The SMILES string of the molecule is NCCc1cc(Cl)ccc1N1CCC[C@H]2CCCC[C@H]21. The molecule has 1 aromatic rings. The molecule has 1 aromatic carbocycles. The van der Waals surface area contributed by atoms with E-state index < -0.39 is 0 Å². The molecule has 1 heterocycles. The van der Waals surface area contributed by atoms with Gasteiger partial charge in [0.05, 0.1) is 0 Å². The summed E-state index contributed by atoms with van der Waals surface area (Å²) in [4.78, 5) is 2.66. The lowest BCUT2D eigenvalue weighted by molar-refractivity contribution is 0.243. The van der Waals surface area contributed by atoms with Crippen molar-refractivity contribution in [1.29, 1.82) is 0 Å². The van der Waals surface area contributed by atoms with Crippen molar-refractivity contribution < 1.29 is 0 Å². The van der Waals surface area contributed by atoms with Gasteiger partial charge in [-0.1, -0.05) is 24.4 Å². The molecule has 0 bridgehead atoms. The summed E-state index contributed by atoms with van der Waals surface area (Å²) in [5, 5.41) is 0.828. The van der Waals surface area contributed by atoms with Gasteiger partial charge in [-0.25, -0.2) is 0 Å². The van der Waals surface area contributed by atoms with Crippen molar-refractivity contribution in [3.8, 4) is 0 Å². The maximum absolute atomic E-state index is 6.17. The van der Waals surface area contributed by atoms with Crippen LogP contribution >= 0.6 is 11.6 Å². The highest BCUT2D eigenvalue weighted by molar-refractivity contribution is 6.30. The predicted molar refractivity (Wildman–Crippen MR) is 86.5 cm³/mol. The van der Waals surface area contributed by atoms with Gasteiger partial charge in [-0.05, 0) is 68.3 Å². The van der Waals surface area contributed by atoms with E-state index in [1.165, 1.54) is 56.3 Å². The number of nitrogens with two attached hydrogens (primary N) is 1. The lowest BCUT2D eigenvalue weighted by atomic mass is 9.78. The van der Waals surface area contributed by atoms with Gasteiger partial charge in [0, 0.05) is 23.3 Å². The highest BCUT2D eigenvalue weighted by atomic mass is 35.5. The molecule has 2 atom stereocenters. The van der Waals surface area contributed by atoms with E-state index in [9.17, 15) is 0 Å². The minimum atomic E-state index is 0.690. The van der Waals surface area contributed by atoms with Crippen LogP contribution in [-0.2, 0) is 6.42 Å². The van der Waals surface area contributed by atoms with Crippen molar-refractivity contribution in [2.75, 3.05) is 18.0 Å². The topological polar surface area (TPSA) is 29.3 Å². The fourth-order valence-electron chi connectivity index (χ4n) is 4.11. The van der Waals surface area contributed by atoms with Gasteiger partial charge in [-0.15, -0.1) is 0 Å². The molecule has 2 fully saturated rings. The lowest BCUT2D eigenvalue weighted by Gasteiger charge is -2.46. The molecule has 1 saturated heterocycles. The van der Waals surface area contributed by atoms with Crippen molar-refractivity contribution in [1.82, 2.24) is 0 Å². The molecule has 0 unspecified atom stereocenters. The van der Waals surface area contributed by atoms with E-state index in [2.05, 4.69) is 17.0 Å². The quantitative estimate of drug-likeness (QED) is 0.912. The number of piperidine rings is 1. The fourth-order valence-corrected chi connectivity index (χ4v) is 4.31. The first kappa shape index (κ1) is 14.2. The molecule has 0 aromatic heterocycles. The normalized spacial score (nSPS) is 26.4. The summed E-state index contributed by atoms with van der Waals surface area (Å²) in [7, 11) is 0. The molecule has 3 rings (SSSR count). The Labute approximate surface area is 127 Å². The molecule has 0 spiro atoms. The first-order valence-corrected chi connectivity index (χ1v) is 8.42. The Morgan fingerprint density at radius 2 is 1.95 bits per heavy atom. The summed E-state index contributed by atoms with van der Waals surface area (Å²) in [5.74, 6) is 0.902. The minimum absolute atomic E-state index is 0.690. The molecule has 0 radical (unpaired) electrons. The highest BCUT2D eigenvalue weighted by Crippen LogP contribution is 2.39. The first-order chi connectivity index (χ1) is 9.79. The van der Waals surface area contributed by atoms with Crippen LogP contribution in [0.5, 0.6) is 0 Å². The van der Waals surface area contributed by atoms with Crippen molar-refractivity contribution in [3.63, 3.8) is 0 Å². The zero-order valence-corrected chi connectivity index (χ0v) is 12.9. The number of rotatable bonds is 3. The zero-order chi connectivity index (χ0) is 13.9.